The molecule has 48 valence electrons. The molecule has 0 atom stereocenters. The summed E-state index contributed by atoms with van der Waals surface area (Å²) in [5, 5.41) is 0. The van der Waals surface area contributed by atoms with Crippen LogP contribution in [0.25, 0.3) is 0 Å². The quantitative estimate of drug-likeness (QED) is 0.584. The summed E-state index contributed by atoms with van der Waals surface area (Å²) in [5.74, 6) is -0.779. The van der Waals surface area contributed by atoms with E-state index in [1.165, 1.54) is 0 Å². The normalized spacial score (nSPS) is 18.4. The van der Waals surface area contributed by atoms with Crippen molar-refractivity contribution in [3.63, 3.8) is 0 Å². The maximum Gasteiger partial charge on any atom is 0.233 e. The van der Waals surface area contributed by atoms with Crippen LogP contribution in [0.15, 0.2) is 12.3 Å². The molecule has 0 bridgehead atoms. The number of aromatic nitrogens is 2. The summed E-state index contributed by atoms with van der Waals surface area (Å²) in [5.41, 5.74) is 5.20. The number of ether oxygens (including phenoxy) is 1. The third-order valence-electron chi connectivity index (χ3n) is 0.641. The SMILES string of the molecule is [2H]c1nc([2H])c(OC([2H])([2H])[2H])nc1N. The first-order valence-corrected chi connectivity index (χ1v) is 2.09. The molecule has 0 saturated carbocycles. The molecule has 1 aromatic heterocycles. The average molecular weight is 130 g/mol. The van der Waals surface area contributed by atoms with Crippen LogP contribution < -0.4 is 10.5 Å². The van der Waals surface area contributed by atoms with E-state index in [1.807, 2.05) is 0 Å². The van der Waals surface area contributed by atoms with Crippen LogP contribution in [0.5, 0.6) is 5.88 Å². The summed E-state index contributed by atoms with van der Waals surface area (Å²) in [6.07, 6.45) is -0.909. The molecule has 0 aliphatic carbocycles. The number of hydrogen-bond donors (Lipinski definition) is 1. The number of methoxy groups -OCH3 is 1. The van der Waals surface area contributed by atoms with E-state index in [0.29, 0.717) is 0 Å². The Kier molecular flexibility index (Phi) is 0.545. The number of rotatable bonds is 1. The highest BCUT2D eigenvalue weighted by Crippen LogP contribution is 2.03. The van der Waals surface area contributed by atoms with Crippen LogP contribution in [0.4, 0.5) is 5.82 Å². The van der Waals surface area contributed by atoms with Crippen molar-refractivity contribution in [1.29, 1.82) is 0 Å². The highest BCUT2D eigenvalue weighted by molar-refractivity contribution is 5.25. The fraction of sp³-hybridized carbons (Fsp3) is 0.200. The molecule has 0 aliphatic heterocycles. The first-order chi connectivity index (χ1) is 6.29. The molecule has 0 saturated heterocycles. The fourth-order valence-electron chi connectivity index (χ4n) is 0.338. The topological polar surface area (TPSA) is 61.0 Å². The predicted molar refractivity (Wildman–Crippen MR) is 33.0 cm³/mol. The molecule has 0 amide bonds. The maximum absolute atomic E-state index is 7.16. The molecule has 0 spiro atoms. The van der Waals surface area contributed by atoms with Gasteiger partial charge in [0.2, 0.25) is 5.88 Å². The Bertz CT molecular complexity index is 352. The summed E-state index contributed by atoms with van der Waals surface area (Å²) in [6.45, 7) is 0. The largest absolute Gasteiger partial charge is 0.480 e. The molecule has 0 aliphatic rings. The smallest absolute Gasteiger partial charge is 0.233 e. The number of nitrogens with two attached hydrogens (primary N) is 1. The van der Waals surface area contributed by atoms with Crippen LogP contribution in [0.1, 0.15) is 6.85 Å². The number of hydrogen-bond acceptors (Lipinski definition) is 4. The molecule has 1 rings (SSSR count). The minimum atomic E-state index is -2.71. The van der Waals surface area contributed by atoms with Crippen LogP contribution >= 0.6 is 0 Å². The van der Waals surface area contributed by atoms with Crippen molar-refractivity contribution in [2.24, 2.45) is 0 Å². The van der Waals surface area contributed by atoms with E-state index in [0.717, 1.165) is 0 Å². The van der Waals surface area contributed by atoms with Gasteiger partial charge in [-0.15, -0.1) is 0 Å². The Hall–Kier alpha value is -1.32. The zero-order chi connectivity index (χ0) is 10.9. The number of nitrogens with zero attached hydrogens (tertiary/aromatic N) is 2. The molecule has 1 heterocycles. The molecule has 0 aromatic carbocycles. The van der Waals surface area contributed by atoms with E-state index in [-0.39, 0.29) is 12.0 Å². The van der Waals surface area contributed by atoms with Crippen LogP contribution in [0, 0.1) is 0 Å². The molecule has 0 unspecified atom stereocenters. The van der Waals surface area contributed by atoms with Gasteiger partial charge in [-0.05, 0) is 0 Å². The number of anilines is 1. The minimum Gasteiger partial charge on any atom is -0.480 e. The fourth-order valence-corrected chi connectivity index (χ4v) is 0.338. The molecule has 9 heavy (non-hydrogen) atoms. The lowest BCUT2D eigenvalue weighted by molar-refractivity contribution is 0.396. The molecular formula is C5H7N3O. The standard InChI is InChI=1S/C5H7N3O/c1-9-5-3-7-2-4(6)8-5/h2-3H,1H3,(H2,6,8)/i1D3,2D,3D. The lowest BCUT2D eigenvalue weighted by Gasteiger charge is -1.95. The summed E-state index contributed by atoms with van der Waals surface area (Å²) in [7, 11) is -2.71. The minimum absolute atomic E-state index is 0.278. The third kappa shape index (κ3) is 1.28. The van der Waals surface area contributed by atoms with E-state index < -0.39 is 19.1 Å². The first kappa shape index (κ1) is 2.13. The van der Waals surface area contributed by atoms with Crippen LogP contribution in [0.3, 0.4) is 0 Å². The molecule has 0 fully saturated rings. The Morgan fingerprint density at radius 3 is 3.56 bits per heavy atom. The van der Waals surface area contributed by atoms with Gasteiger partial charge in [0.05, 0.1) is 26.2 Å². The highest BCUT2D eigenvalue weighted by atomic mass is 16.5. The van der Waals surface area contributed by atoms with Crippen molar-refractivity contribution in [3.05, 3.63) is 12.3 Å². The molecule has 1 aromatic rings. The second-order valence-corrected chi connectivity index (χ2v) is 1.24. The summed E-state index contributed by atoms with van der Waals surface area (Å²) < 4.78 is 38.9. The average Bonchev–Trinajstić information content (AvgIpc) is 1.97. The van der Waals surface area contributed by atoms with Gasteiger partial charge in [0.15, 0.2) is 0 Å². The van der Waals surface area contributed by atoms with Gasteiger partial charge >= 0.3 is 0 Å². The van der Waals surface area contributed by atoms with Gasteiger partial charge in [-0.1, -0.05) is 0 Å². The van der Waals surface area contributed by atoms with Crippen molar-refractivity contribution < 1.29 is 11.6 Å². The van der Waals surface area contributed by atoms with Gasteiger partial charge in [0.1, 0.15) is 5.82 Å². The van der Waals surface area contributed by atoms with Gasteiger partial charge in [-0.25, -0.2) is 0 Å². The second-order valence-electron chi connectivity index (χ2n) is 1.24. The summed E-state index contributed by atoms with van der Waals surface area (Å²) in [6, 6.07) is 0. The third-order valence-corrected chi connectivity index (χ3v) is 0.641. The van der Waals surface area contributed by atoms with Crippen LogP contribution in [0.2, 0.25) is 0 Å². The first-order valence-electron chi connectivity index (χ1n) is 4.59. The van der Waals surface area contributed by atoms with Gasteiger partial charge < -0.3 is 10.5 Å². The Balaban J connectivity index is 3.04. The van der Waals surface area contributed by atoms with Gasteiger partial charge in [-0.2, -0.15) is 4.98 Å². The van der Waals surface area contributed by atoms with Crippen molar-refractivity contribution in [1.82, 2.24) is 9.97 Å². The summed E-state index contributed by atoms with van der Waals surface area (Å²) in [4.78, 5) is 6.74. The highest BCUT2D eigenvalue weighted by Gasteiger charge is 1.90. The molecule has 4 nitrogen and oxygen atoms in total. The molecular weight excluding hydrogens is 118 g/mol. The lowest BCUT2D eigenvalue weighted by atomic mass is 10.7. The monoisotopic (exact) mass is 130 g/mol. The predicted octanol–water partition coefficient (Wildman–Crippen LogP) is 0.0674. The Morgan fingerprint density at radius 2 is 2.78 bits per heavy atom. The number of nitrogen functional groups attached to an aromatic ring is 1. The van der Waals surface area contributed by atoms with E-state index >= 15 is 0 Å². The van der Waals surface area contributed by atoms with Crippen molar-refractivity contribution in [2.45, 2.75) is 0 Å². The van der Waals surface area contributed by atoms with E-state index in [2.05, 4.69) is 14.7 Å². The zero-order valence-electron chi connectivity index (χ0n) is 9.38. The zero-order valence-corrected chi connectivity index (χ0v) is 4.38. The summed E-state index contributed by atoms with van der Waals surface area (Å²) >= 11 is 0. The molecule has 0 radical (unpaired) electrons. The Morgan fingerprint density at radius 1 is 1.89 bits per heavy atom. The van der Waals surface area contributed by atoms with Gasteiger partial charge in [0.25, 0.3) is 0 Å². The van der Waals surface area contributed by atoms with Crippen molar-refractivity contribution >= 4 is 5.82 Å². The second kappa shape index (κ2) is 2.30. The van der Waals surface area contributed by atoms with Crippen LogP contribution in [-0.4, -0.2) is 17.0 Å². The van der Waals surface area contributed by atoms with Gasteiger partial charge in [-0.3, -0.25) is 4.98 Å². The maximum atomic E-state index is 7.16. The van der Waals surface area contributed by atoms with Crippen molar-refractivity contribution in [2.75, 3.05) is 12.8 Å². The van der Waals surface area contributed by atoms with Crippen molar-refractivity contribution in [3.8, 4) is 5.88 Å². The van der Waals surface area contributed by atoms with E-state index in [9.17, 15) is 0 Å². The van der Waals surface area contributed by atoms with Gasteiger partial charge in [0, 0.05) is 0 Å². The lowest BCUT2D eigenvalue weighted by Crippen LogP contribution is -1.93. The van der Waals surface area contributed by atoms with E-state index in [1.54, 1.807) is 0 Å². The molecule has 4 heteroatoms. The Labute approximate surface area is 59.7 Å². The molecule has 2 N–H and O–H groups in total. The van der Waals surface area contributed by atoms with E-state index in [4.69, 9.17) is 12.6 Å². The van der Waals surface area contributed by atoms with Crippen LogP contribution in [-0.2, 0) is 0 Å².